The van der Waals surface area contributed by atoms with E-state index in [0.717, 1.165) is 0 Å². The van der Waals surface area contributed by atoms with Gasteiger partial charge >= 0.3 is 12.4 Å². The number of rotatable bonds is 2. The van der Waals surface area contributed by atoms with Crippen molar-refractivity contribution in [3.63, 3.8) is 0 Å². The summed E-state index contributed by atoms with van der Waals surface area (Å²) in [6, 6.07) is 15.7. The monoisotopic (exact) mass is 617 g/mol. The summed E-state index contributed by atoms with van der Waals surface area (Å²) in [6.07, 6.45) is -10.7. The summed E-state index contributed by atoms with van der Waals surface area (Å²) in [5.41, 5.74) is -13.9. The van der Waals surface area contributed by atoms with Crippen LogP contribution in [0.1, 0.15) is 61.2 Å². The van der Waals surface area contributed by atoms with Gasteiger partial charge in [-0.15, -0.1) is 0 Å². The van der Waals surface area contributed by atoms with Crippen molar-refractivity contribution < 1.29 is 26.3 Å². The fourth-order valence-corrected chi connectivity index (χ4v) is 4.57. The molecule has 0 bridgehead atoms. The van der Waals surface area contributed by atoms with Crippen LogP contribution in [0.5, 0.6) is 0 Å². The van der Waals surface area contributed by atoms with E-state index in [2.05, 4.69) is 0 Å². The van der Waals surface area contributed by atoms with Gasteiger partial charge in [0.15, 0.2) is 0 Å². The molecule has 0 heterocycles. The summed E-state index contributed by atoms with van der Waals surface area (Å²) in [6.45, 7) is 0. The van der Waals surface area contributed by atoms with Crippen molar-refractivity contribution in [2.24, 2.45) is 0 Å². The molecule has 0 N–H and O–H groups in total. The van der Waals surface area contributed by atoms with E-state index >= 15 is 0 Å². The molecule has 0 aliphatic rings. The quantitative estimate of drug-likeness (QED) is 0.375. The van der Waals surface area contributed by atoms with Gasteiger partial charge in [0.1, 0.15) is 24.3 Å². The average molecular weight is 617 g/mol. The van der Waals surface area contributed by atoms with Gasteiger partial charge in [-0.05, 0) is 30.3 Å². The Morgan fingerprint density at radius 1 is 0.457 bits per heavy atom. The Bertz CT molecular complexity index is 2390. The molecular weight excluding hydrogens is 612 g/mol. The SMILES string of the molecule is N#C/C(c1cc(C#N)cc(C#N)c1C(F)(F)F)=c1/c(C#N)c/c(=C(\C#N)c2cc(C#N)cc(C#N)c2C(F)(F)F)c(C#N)c1C#N. The van der Waals surface area contributed by atoms with Crippen LogP contribution >= 0.6 is 0 Å². The largest absolute Gasteiger partial charge is 0.418 e. The highest BCUT2D eigenvalue weighted by Crippen LogP contribution is 2.39. The van der Waals surface area contributed by atoms with E-state index < -0.39 is 95.1 Å². The normalized spacial score (nSPS) is 11.8. The molecule has 0 fully saturated rings. The molecule has 216 valence electrons. The molecule has 0 amide bonds. The van der Waals surface area contributed by atoms with E-state index in [-0.39, 0.29) is 0 Å². The summed E-state index contributed by atoms with van der Waals surface area (Å²) in [5.74, 6) is 0. The fraction of sp³-hybridized carbons (Fsp3) is 0.0645. The molecule has 46 heavy (non-hydrogen) atoms. The molecule has 0 atom stereocenters. The van der Waals surface area contributed by atoms with Gasteiger partial charge in [-0.2, -0.15) is 73.7 Å². The lowest BCUT2D eigenvalue weighted by molar-refractivity contribution is -0.138. The van der Waals surface area contributed by atoms with Crippen molar-refractivity contribution in [1.29, 1.82) is 47.4 Å². The van der Waals surface area contributed by atoms with Crippen LogP contribution in [0.3, 0.4) is 0 Å². The smallest absolute Gasteiger partial charge is 0.192 e. The highest BCUT2D eigenvalue weighted by atomic mass is 19.4. The van der Waals surface area contributed by atoms with Crippen LogP contribution in [0.2, 0.25) is 0 Å². The van der Waals surface area contributed by atoms with Crippen molar-refractivity contribution in [3.05, 3.63) is 102 Å². The van der Waals surface area contributed by atoms with Gasteiger partial charge in [0.05, 0.1) is 91.6 Å². The third kappa shape index (κ3) is 5.58. The minimum atomic E-state index is -5.34. The number of hydrogen-bond donors (Lipinski definition) is 0. The molecule has 9 nitrogen and oxygen atoms in total. The molecule has 0 aliphatic carbocycles. The van der Waals surface area contributed by atoms with Crippen LogP contribution in [0, 0.1) is 102 Å². The highest BCUT2D eigenvalue weighted by molar-refractivity contribution is 5.86. The Labute approximate surface area is 253 Å². The fourth-order valence-electron chi connectivity index (χ4n) is 4.57. The lowest BCUT2D eigenvalue weighted by Crippen LogP contribution is -2.27. The summed E-state index contributed by atoms with van der Waals surface area (Å²) in [4.78, 5) is 0. The van der Waals surface area contributed by atoms with E-state index in [1.807, 2.05) is 0 Å². The maximum Gasteiger partial charge on any atom is 0.418 e. The van der Waals surface area contributed by atoms with Gasteiger partial charge < -0.3 is 0 Å². The molecule has 0 saturated carbocycles. The van der Waals surface area contributed by atoms with Gasteiger partial charge in [-0.3, -0.25) is 0 Å². The Hall–Kier alpha value is -7.61. The Morgan fingerprint density at radius 3 is 1.20 bits per heavy atom. The van der Waals surface area contributed by atoms with Gasteiger partial charge in [-0.25, -0.2) is 0 Å². The molecule has 3 rings (SSSR count). The molecule has 3 aromatic carbocycles. The molecule has 15 heteroatoms. The van der Waals surface area contributed by atoms with Crippen molar-refractivity contribution in [2.45, 2.75) is 12.4 Å². The molecule has 0 aliphatic heterocycles. The minimum absolute atomic E-state index is 0.520. The number of alkyl halides is 6. The maximum absolute atomic E-state index is 14.2. The molecule has 0 unspecified atom stereocenters. The van der Waals surface area contributed by atoms with Crippen LogP contribution in [0.25, 0.3) is 11.1 Å². The van der Waals surface area contributed by atoms with Crippen LogP contribution in [-0.2, 0) is 12.4 Å². The number of nitriles is 9. The summed E-state index contributed by atoms with van der Waals surface area (Å²) in [5, 5.41) is 85.7. The van der Waals surface area contributed by atoms with Gasteiger partial charge in [0.25, 0.3) is 0 Å². The zero-order valence-electron chi connectivity index (χ0n) is 22.2. The lowest BCUT2D eigenvalue weighted by Gasteiger charge is -2.16. The molecule has 0 spiro atoms. The zero-order valence-corrected chi connectivity index (χ0v) is 22.2. The maximum atomic E-state index is 14.2. The second-order valence-corrected chi connectivity index (χ2v) is 8.74. The predicted molar refractivity (Wildman–Crippen MR) is 138 cm³/mol. The Balaban J connectivity index is 2.86. The van der Waals surface area contributed by atoms with Gasteiger partial charge in [-0.1, -0.05) is 0 Å². The third-order valence-electron chi connectivity index (χ3n) is 6.30. The molecule has 0 saturated heterocycles. The van der Waals surface area contributed by atoms with E-state index in [0.29, 0.717) is 30.3 Å². The molecule has 0 radical (unpaired) electrons. The number of benzene rings is 3. The summed E-state index contributed by atoms with van der Waals surface area (Å²) in [7, 11) is 0. The van der Waals surface area contributed by atoms with E-state index in [1.54, 1.807) is 0 Å². The minimum Gasteiger partial charge on any atom is -0.192 e. The second-order valence-electron chi connectivity index (χ2n) is 8.74. The van der Waals surface area contributed by atoms with Crippen molar-refractivity contribution >= 4 is 11.1 Å². The average Bonchev–Trinajstić information content (AvgIpc) is 3.03. The molecule has 0 aromatic heterocycles. The summed E-state index contributed by atoms with van der Waals surface area (Å²) >= 11 is 0. The summed E-state index contributed by atoms with van der Waals surface area (Å²) < 4.78 is 85.1. The van der Waals surface area contributed by atoms with E-state index in [9.17, 15) is 73.7 Å². The van der Waals surface area contributed by atoms with E-state index in [1.165, 1.54) is 54.6 Å². The standard InChI is InChI=1S/C31H5F6N9/c32-30(33,34)28-18(9-41)1-15(6-38)3-21(28)23(11-43)20-5-17(8-40)27(26(14-46)24(20)12-44)25(13-45)22-4-16(7-39)2-19(10-42)29(22)31(35,36)37/h1-5H/b23-20-,27-25+. The van der Waals surface area contributed by atoms with Gasteiger partial charge in [0.2, 0.25) is 0 Å². The first kappa shape index (κ1) is 32.9. The van der Waals surface area contributed by atoms with Crippen LogP contribution in [0.15, 0.2) is 30.3 Å². The third-order valence-corrected chi connectivity index (χ3v) is 6.30. The number of hydrogen-bond acceptors (Lipinski definition) is 9. The number of nitrogens with zero attached hydrogens (tertiary/aromatic N) is 9. The van der Waals surface area contributed by atoms with Crippen molar-refractivity contribution in [1.82, 2.24) is 0 Å². The first-order chi connectivity index (χ1) is 21.7. The number of halogens is 6. The zero-order chi connectivity index (χ0) is 34.6. The van der Waals surface area contributed by atoms with Crippen LogP contribution < -0.4 is 10.4 Å². The predicted octanol–water partition coefficient (Wildman–Crippen LogP) is 4.27. The van der Waals surface area contributed by atoms with Gasteiger partial charge in [0, 0.05) is 21.6 Å². The van der Waals surface area contributed by atoms with Crippen molar-refractivity contribution in [3.8, 4) is 54.6 Å². The van der Waals surface area contributed by atoms with Crippen LogP contribution in [-0.4, -0.2) is 0 Å². The Morgan fingerprint density at radius 2 is 0.870 bits per heavy atom. The molecule has 3 aromatic rings. The first-order valence-electron chi connectivity index (χ1n) is 11.8. The van der Waals surface area contributed by atoms with E-state index in [4.69, 9.17) is 0 Å². The lowest BCUT2D eigenvalue weighted by atomic mass is 9.87. The Kier molecular flexibility index (Phi) is 8.81. The van der Waals surface area contributed by atoms with Crippen LogP contribution in [0.4, 0.5) is 26.3 Å². The molecular formula is C31H5F6N9. The first-order valence-corrected chi connectivity index (χ1v) is 11.8. The topological polar surface area (TPSA) is 214 Å². The van der Waals surface area contributed by atoms with Crippen molar-refractivity contribution in [2.75, 3.05) is 0 Å². The second kappa shape index (κ2) is 12.3. The highest BCUT2D eigenvalue weighted by Gasteiger charge is 2.39.